The maximum absolute atomic E-state index is 12.4. The third kappa shape index (κ3) is 1.82. The minimum Gasteiger partial charge on any atom is -0.488 e. The zero-order chi connectivity index (χ0) is 12.4. The number of aromatic nitrogens is 1. The van der Waals surface area contributed by atoms with Crippen molar-refractivity contribution in [1.29, 1.82) is 0 Å². The summed E-state index contributed by atoms with van der Waals surface area (Å²) >= 11 is 0. The molecule has 0 aliphatic carbocycles. The summed E-state index contributed by atoms with van der Waals surface area (Å²) in [5, 5.41) is 0. The van der Waals surface area contributed by atoms with Crippen molar-refractivity contribution in [1.82, 2.24) is 4.98 Å². The van der Waals surface area contributed by atoms with E-state index >= 15 is 0 Å². The topological polar surface area (TPSA) is 42.4 Å². The molecular formula is C14H12N2O2. The lowest BCUT2D eigenvalue weighted by molar-refractivity contribution is 0.0975. The number of amides is 1. The number of carbonyl (C=O) groups is 1. The molecule has 2 heterocycles. The fourth-order valence-corrected chi connectivity index (χ4v) is 1.98. The van der Waals surface area contributed by atoms with E-state index in [1.54, 1.807) is 29.3 Å². The van der Waals surface area contributed by atoms with Gasteiger partial charge < -0.3 is 4.74 Å². The van der Waals surface area contributed by atoms with Gasteiger partial charge in [0.1, 0.15) is 6.61 Å². The molecule has 2 aromatic rings. The standard InChI is InChI=1S/C14H12N2O2/c17-14(11-5-2-1-3-6-11)16-9-10-18-12-7-4-8-15-13(12)16/h1-8H,9-10H2. The Balaban J connectivity index is 1.97. The van der Waals surface area contributed by atoms with Crippen LogP contribution in [0.15, 0.2) is 48.7 Å². The van der Waals surface area contributed by atoms with Gasteiger partial charge in [-0.2, -0.15) is 0 Å². The Bertz CT molecular complexity index is 569. The summed E-state index contributed by atoms with van der Waals surface area (Å²) in [4.78, 5) is 18.3. The molecule has 4 heteroatoms. The van der Waals surface area contributed by atoms with Crippen LogP contribution in [0.25, 0.3) is 0 Å². The van der Waals surface area contributed by atoms with E-state index in [1.807, 2.05) is 24.3 Å². The summed E-state index contributed by atoms with van der Waals surface area (Å²) in [5.41, 5.74) is 0.663. The van der Waals surface area contributed by atoms with Gasteiger partial charge in [0.25, 0.3) is 5.91 Å². The third-order valence-electron chi connectivity index (χ3n) is 2.84. The third-order valence-corrected chi connectivity index (χ3v) is 2.84. The van der Waals surface area contributed by atoms with Crippen LogP contribution in [0.3, 0.4) is 0 Å². The van der Waals surface area contributed by atoms with E-state index in [0.29, 0.717) is 30.3 Å². The van der Waals surface area contributed by atoms with Crippen molar-refractivity contribution < 1.29 is 9.53 Å². The summed E-state index contributed by atoms with van der Waals surface area (Å²) in [6, 6.07) is 12.8. The number of benzene rings is 1. The average molecular weight is 240 g/mol. The number of hydrogen-bond donors (Lipinski definition) is 0. The molecule has 0 spiro atoms. The Labute approximate surface area is 105 Å². The van der Waals surface area contributed by atoms with E-state index in [9.17, 15) is 4.79 Å². The molecule has 90 valence electrons. The Morgan fingerprint density at radius 2 is 2.00 bits per heavy atom. The fourth-order valence-electron chi connectivity index (χ4n) is 1.98. The number of fused-ring (bicyclic) bond motifs is 1. The molecule has 1 aliphatic rings. The molecular weight excluding hydrogens is 228 g/mol. The van der Waals surface area contributed by atoms with Gasteiger partial charge in [0, 0.05) is 11.8 Å². The Morgan fingerprint density at radius 1 is 1.17 bits per heavy atom. The maximum Gasteiger partial charge on any atom is 0.259 e. The zero-order valence-electron chi connectivity index (χ0n) is 9.74. The second-order valence-electron chi connectivity index (χ2n) is 4.00. The lowest BCUT2D eigenvalue weighted by Crippen LogP contribution is -2.38. The molecule has 0 N–H and O–H groups in total. The van der Waals surface area contributed by atoms with E-state index in [4.69, 9.17) is 4.74 Å². The second kappa shape index (κ2) is 4.49. The lowest BCUT2D eigenvalue weighted by Gasteiger charge is -2.28. The number of anilines is 1. The van der Waals surface area contributed by atoms with Gasteiger partial charge in [-0.25, -0.2) is 4.98 Å². The van der Waals surface area contributed by atoms with E-state index in [2.05, 4.69) is 4.98 Å². The van der Waals surface area contributed by atoms with Crippen molar-refractivity contribution >= 4 is 11.7 Å². The molecule has 3 rings (SSSR count). The first-order chi connectivity index (χ1) is 8.86. The SMILES string of the molecule is O=C(c1ccccc1)N1CCOc2cccnc21. The molecule has 0 bridgehead atoms. The van der Waals surface area contributed by atoms with Crippen LogP contribution in [0, 0.1) is 0 Å². The summed E-state index contributed by atoms with van der Waals surface area (Å²) in [6.45, 7) is 1.02. The molecule has 4 nitrogen and oxygen atoms in total. The highest BCUT2D eigenvalue weighted by Gasteiger charge is 2.25. The van der Waals surface area contributed by atoms with Crippen molar-refractivity contribution in [3.63, 3.8) is 0 Å². The molecule has 1 amide bonds. The van der Waals surface area contributed by atoms with Crippen LogP contribution in [0.2, 0.25) is 0 Å². The zero-order valence-corrected chi connectivity index (χ0v) is 9.74. The number of pyridine rings is 1. The molecule has 1 aromatic heterocycles. The average Bonchev–Trinajstić information content (AvgIpc) is 2.47. The highest BCUT2D eigenvalue weighted by Crippen LogP contribution is 2.29. The predicted octanol–water partition coefficient (Wildman–Crippen LogP) is 2.12. The maximum atomic E-state index is 12.4. The predicted molar refractivity (Wildman–Crippen MR) is 67.9 cm³/mol. The molecule has 0 atom stereocenters. The van der Waals surface area contributed by atoms with E-state index in [1.165, 1.54) is 0 Å². The van der Waals surface area contributed by atoms with Gasteiger partial charge in [-0.1, -0.05) is 18.2 Å². The number of ether oxygens (including phenoxy) is 1. The molecule has 0 saturated heterocycles. The van der Waals surface area contributed by atoms with Crippen molar-refractivity contribution in [3.8, 4) is 5.75 Å². The lowest BCUT2D eigenvalue weighted by atomic mass is 10.2. The van der Waals surface area contributed by atoms with Gasteiger partial charge >= 0.3 is 0 Å². The first-order valence-electron chi connectivity index (χ1n) is 5.81. The van der Waals surface area contributed by atoms with Crippen molar-refractivity contribution in [2.24, 2.45) is 0 Å². The van der Waals surface area contributed by atoms with Crippen LogP contribution < -0.4 is 9.64 Å². The minimum absolute atomic E-state index is 0.0427. The highest BCUT2D eigenvalue weighted by molar-refractivity contribution is 6.06. The summed E-state index contributed by atoms with van der Waals surface area (Å²) < 4.78 is 5.48. The van der Waals surface area contributed by atoms with Gasteiger partial charge in [0.15, 0.2) is 11.6 Å². The number of nitrogens with zero attached hydrogens (tertiary/aromatic N) is 2. The van der Waals surface area contributed by atoms with Crippen LogP contribution in [0.1, 0.15) is 10.4 Å². The molecule has 0 unspecified atom stereocenters. The van der Waals surface area contributed by atoms with E-state index < -0.39 is 0 Å². The van der Waals surface area contributed by atoms with Crippen LogP contribution in [-0.4, -0.2) is 24.0 Å². The van der Waals surface area contributed by atoms with Gasteiger partial charge in [0.2, 0.25) is 0 Å². The number of rotatable bonds is 1. The Morgan fingerprint density at radius 3 is 2.83 bits per heavy atom. The van der Waals surface area contributed by atoms with Gasteiger partial charge in [-0.05, 0) is 24.3 Å². The summed E-state index contributed by atoms with van der Waals surface area (Å²) in [5.74, 6) is 1.21. The van der Waals surface area contributed by atoms with Crippen LogP contribution >= 0.6 is 0 Å². The molecule has 0 saturated carbocycles. The van der Waals surface area contributed by atoms with Crippen LogP contribution in [0.5, 0.6) is 5.75 Å². The number of carbonyl (C=O) groups excluding carboxylic acids is 1. The Kier molecular flexibility index (Phi) is 2.68. The second-order valence-corrected chi connectivity index (χ2v) is 4.00. The van der Waals surface area contributed by atoms with Gasteiger partial charge in [0.05, 0.1) is 6.54 Å². The molecule has 1 aliphatic heterocycles. The van der Waals surface area contributed by atoms with Crippen molar-refractivity contribution in [2.75, 3.05) is 18.1 Å². The number of hydrogen-bond acceptors (Lipinski definition) is 3. The fraction of sp³-hybridized carbons (Fsp3) is 0.143. The van der Waals surface area contributed by atoms with Gasteiger partial charge in [-0.15, -0.1) is 0 Å². The molecule has 1 aromatic carbocycles. The Hall–Kier alpha value is -2.36. The van der Waals surface area contributed by atoms with Crippen molar-refractivity contribution in [2.45, 2.75) is 0 Å². The summed E-state index contributed by atoms with van der Waals surface area (Å²) in [7, 11) is 0. The normalized spacial score (nSPS) is 13.7. The minimum atomic E-state index is -0.0427. The largest absolute Gasteiger partial charge is 0.488 e. The van der Waals surface area contributed by atoms with Crippen LogP contribution in [0.4, 0.5) is 5.82 Å². The first-order valence-corrected chi connectivity index (χ1v) is 5.81. The first kappa shape index (κ1) is 10.8. The monoisotopic (exact) mass is 240 g/mol. The highest BCUT2D eigenvalue weighted by atomic mass is 16.5. The smallest absolute Gasteiger partial charge is 0.259 e. The summed E-state index contributed by atoms with van der Waals surface area (Å²) in [6.07, 6.45) is 1.67. The van der Waals surface area contributed by atoms with Crippen LogP contribution in [-0.2, 0) is 0 Å². The molecule has 0 fully saturated rings. The van der Waals surface area contributed by atoms with E-state index in [-0.39, 0.29) is 5.91 Å². The van der Waals surface area contributed by atoms with Crippen molar-refractivity contribution in [3.05, 3.63) is 54.2 Å². The van der Waals surface area contributed by atoms with E-state index in [0.717, 1.165) is 0 Å². The molecule has 18 heavy (non-hydrogen) atoms. The van der Waals surface area contributed by atoms with Gasteiger partial charge in [-0.3, -0.25) is 9.69 Å². The quantitative estimate of drug-likeness (QED) is 0.766. The molecule has 0 radical (unpaired) electrons.